The Hall–Kier alpha value is -1.62. The number of ether oxygens (including phenoxy) is 2. The predicted octanol–water partition coefficient (Wildman–Crippen LogP) is 1.34. The summed E-state index contributed by atoms with van der Waals surface area (Å²) in [5.74, 6) is 0.467. The molecule has 18 heavy (non-hydrogen) atoms. The fourth-order valence-electron chi connectivity index (χ4n) is 2.02. The summed E-state index contributed by atoms with van der Waals surface area (Å²) in [7, 11) is 3.33. The summed E-state index contributed by atoms with van der Waals surface area (Å²) in [5.41, 5.74) is 0.566. The van der Waals surface area contributed by atoms with Crippen molar-refractivity contribution < 1.29 is 14.3 Å². The zero-order chi connectivity index (χ0) is 13.0. The molecule has 0 bridgehead atoms. The van der Waals surface area contributed by atoms with Crippen LogP contribution in [0.4, 0.5) is 0 Å². The Labute approximate surface area is 107 Å². The molecule has 0 unspecified atom stereocenters. The highest BCUT2D eigenvalue weighted by molar-refractivity contribution is 5.93. The monoisotopic (exact) mass is 250 g/mol. The molecule has 5 heteroatoms. The van der Waals surface area contributed by atoms with Gasteiger partial charge in [-0.25, -0.2) is 4.98 Å². The first kappa shape index (κ1) is 12.8. The van der Waals surface area contributed by atoms with E-state index in [1.165, 1.54) is 6.20 Å². The molecule has 98 valence electrons. The van der Waals surface area contributed by atoms with Crippen LogP contribution in [0, 0.1) is 0 Å². The van der Waals surface area contributed by atoms with E-state index in [0.29, 0.717) is 18.0 Å². The van der Waals surface area contributed by atoms with Crippen molar-refractivity contribution in [3.05, 3.63) is 23.9 Å². The normalized spacial score (nSPS) is 18.7. The summed E-state index contributed by atoms with van der Waals surface area (Å²) in [6.07, 6.45) is 3.81. The average molecular weight is 250 g/mol. The van der Waals surface area contributed by atoms with Crippen molar-refractivity contribution in [2.24, 2.45) is 0 Å². The first-order valence-electron chi connectivity index (χ1n) is 6.08. The number of carbonyl (C=O) groups excluding carboxylic acids is 1. The first-order chi connectivity index (χ1) is 8.70. The number of hydrogen-bond donors (Lipinski definition) is 0. The van der Waals surface area contributed by atoms with Crippen molar-refractivity contribution in [3.63, 3.8) is 0 Å². The van der Waals surface area contributed by atoms with E-state index in [9.17, 15) is 4.79 Å². The highest BCUT2D eigenvalue weighted by Gasteiger charge is 2.20. The van der Waals surface area contributed by atoms with Crippen LogP contribution in [-0.4, -0.2) is 49.2 Å². The maximum Gasteiger partial charge on any atom is 0.255 e. The van der Waals surface area contributed by atoms with Gasteiger partial charge in [-0.2, -0.15) is 0 Å². The third-order valence-electron chi connectivity index (χ3n) is 3.04. The van der Waals surface area contributed by atoms with Gasteiger partial charge in [-0.1, -0.05) is 0 Å². The van der Waals surface area contributed by atoms with Crippen molar-refractivity contribution in [1.82, 2.24) is 9.88 Å². The molecule has 1 fully saturated rings. The minimum absolute atomic E-state index is 0.0411. The number of hydrogen-bond acceptors (Lipinski definition) is 4. The number of nitrogens with zero attached hydrogens (tertiary/aromatic N) is 2. The van der Waals surface area contributed by atoms with Crippen LogP contribution in [0.15, 0.2) is 18.3 Å². The molecule has 0 N–H and O–H groups in total. The summed E-state index contributed by atoms with van der Waals surface area (Å²) in [4.78, 5) is 17.8. The maximum atomic E-state index is 12.1. The average Bonchev–Trinajstić information content (AvgIpc) is 2.91. The fourth-order valence-corrected chi connectivity index (χ4v) is 2.02. The third kappa shape index (κ3) is 2.98. The van der Waals surface area contributed by atoms with Crippen molar-refractivity contribution >= 4 is 5.91 Å². The molecule has 5 nitrogen and oxygen atoms in total. The van der Waals surface area contributed by atoms with Crippen LogP contribution in [0.3, 0.4) is 0 Å². The van der Waals surface area contributed by atoms with Gasteiger partial charge in [0.1, 0.15) is 0 Å². The molecule has 2 rings (SSSR count). The quantitative estimate of drug-likeness (QED) is 0.809. The molecule has 0 saturated carbocycles. The molecule has 1 aromatic rings. The zero-order valence-electron chi connectivity index (χ0n) is 10.8. The Morgan fingerprint density at radius 2 is 2.44 bits per heavy atom. The second kappa shape index (κ2) is 5.82. The Balaban J connectivity index is 1.95. The van der Waals surface area contributed by atoms with E-state index >= 15 is 0 Å². The Kier molecular flexibility index (Phi) is 4.15. The lowest BCUT2D eigenvalue weighted by molar-refractivity contribution is 0.0586. The van der Waals surface area contributed by atoms with Crippen LogP contribution < -0.4 is 4.74 Å². The highest BCUT2D eigenvalue weighted by atomic mass is 16.5. The lowest BCUT2D eigenvalue weighted by Crippen LogP contribution is -2.34. The predicted molar refractivity (Wildman–Crippen MR) is 66.7 cm³/mol. The molecular formula is C13H18N2O3. The summed E-state index contributed by atoms with van der Waals surface area (Å²) >= 11 is 0. The van der Waals surface area contributed by atoms with E-state index in [4.69, 9.17) is 9.47 Å². The zero-order valence-corrected chi connectivity index (χ0v) is 10.8. The Bertz CT molecular complexity index is 399. The van der Waals surface area contributed by atoms with E-state index in [2.05, 4.69) is 4.98 Å². The van der Waals surface area contributed by atoms with E-state index in [-0.39, 0.29) is 12.0 Å². The smallest absolute Gasteiger partial charge is 0.255 e. The van der Waals surface area contributed by atoms with Crippen LogP contribution in [0.2, 0.25) is 0 Å². The van der Waals surface area contributed by atoms with Gasteiger partial charge in [0.05, 0.1) is 18.8 Å². The Morgan fingerprint density at radius 3 is 3.00 bits per heavy atom. The fraction of sp³-hybridized carbons (Fsp3) is 0.538. The largest absolute Gasteiger partial charge is 0.481 e. The molecule has 1 atom stereocenters. The minimum Gasteiger partial charge on any atom is -0.481 e. The highest BCUT2D eigenvalue weighted by Crippen LogP contribution is 2.14. The van der Waals surface area contributed by atoms with Crippen LogP contribution in [0.1, 0.15) is 23.2 Å². The number of likely N-dealkylation sites (N-methyl/N-ethyl adjacent to an activating group) is 1. The van der Waals surface area contributed by atoms with E-state index in [1.807, 2.05) is 0 Å². The van der Waals surface area contributed by atoms with Gasteiger partial charge in [-0.15, -0.1) is 0 Å². The first-order valence-corrected chi connectivity index (χ1v) is 6.08. The van der Waals surface area contributed by atoms with Gasteiger partial charge in [0, 0.05) is 32.5 Å². The van der Waals surface area contributed by atoms with Gasteiger partial charge < -0.3 is 14.4 Å². The van der Waals surface area contributed by atoms with E-state index in [1.54, 1.807) is 31.2 Å². The second-order valence-corrected chi connectivity index (χ2v) is 4.41. The molecule has 1 amide bonds. The number of pyridine rings is 1. The van der Waals surface area contributed by atoms with Gasteiger partial charge in [0.2, 0.25) is 5.88 Å². The summed E-state index contributed by atoms with van der Waals surface area (Å²) in [5, 5.41) is 0. The number of amides is 1. The molecule has 1 aliphatic heterocycles. The van der Waals surface area contributed by atoms with Gasteiger partial charge in [0.15, 0.2) is 0 Å². The van der Waals surface area contributed by atoms with Crippen molar-refractivity contribution in [3.8, 4) is 5.88 Å². The SMILES string of the molecule is COc1ccc(C(=O)N(C)C[C@@H]2CCCO2)cn1. The molecule has 0 spiro atoms. The standard InChI is InChI=1S/C13H18N2O3/c1-15(9-11-4-3-7-18-11)13(16)10-5-6-12(17-2)14-8-10/h5-6,8,11H,3-4,7,9H2,1-2H3/t11-/m0/s1. The van der Waals surface area contributed by atoms with Crippen LogP contribution in [0.5, 0.6) is 5.88 Å². The molecule has 2 heterocycles. The van der Waals surface area contributed by atoms with Crippen LogP contribution >= 0.6 is 0 Å². The number of carbonyl (C=O) groups is 1. The van der Waals surface area contributed by atoms with Crippen molar-refractivity contribution in [2.75, 3.05) is 27.3 Å². The molecular weight excluding hydrogens is 232 g/mol. The topological polar surface area (TPSA) is 51.7 Å². The second-order valence-electron chi connectivity index (χ2n) is 4.41. The van der Waals surface area contributed by atoms with E-state index in [0.717, 1.165) is 19.4 Å². The van der Waals surface area contributed by atoms with Gasteiger partial charge in [0.25, 0.3) is 5.91 Å². The molecule has 0 aliphatic carbocycles. The van der Waals surface area contributed by atoms with Gasteiger partial charge >= 0.3 is 0 Å². The molecule has 1 aromatic heterocycles. The molecule has 0 aromatic carbocycles. The van der Waals surface area contributed by atoms with Crippen LogP contribution in [0.25, 0.3) is 0 Å². The number of aromatic nitrogens is 1. The third-order valence-corrected chi connectivity index (χ3v) is 3.04. The molecule has 0 radical (unpaired) electrons. The van der Waals surface area contributed by atoms with Gasteiger partial charge in [-0.3, -0.25) is 4.79 Å². The summed E-state index contributed by atoms with van der Waals surface area (Å²) in [6.45, 7) is 1.43. The lowest BCUT2D eigenvalue weighted by atomic mass is 10.2. The molecule has 1 aliphatic rings. The molecule has 1 saturated heterocycles. The summed E-state index contributed by atoms with van der Waals surface area (Å²) in [6, 6.07) is 3.41. The maximum absolute atomic E-state index is 12.1. The number of rotatable bonds is 4. The number of methoxy groups -OCH3 is 1. The van der Waals surface area contributed by atoms with Crippen molar-refractivity contribution in [1.29, 1.82) is 0 Å². The van der Waals surface area contributed by atoms with E-state index < -0.39 is 0 Å². The Morgan fingerprint density at radius 1 is 1.61 bits per heavy atom. The minimum atomic E-state index is -0.0411. The summed E-state index contributed by atoms with van der Waals surface area (Å²) < 4.78 is 10.5. The van der Waals surface area contributed by atoms with Crippen molar-refractivity contribution in [2.45, 2.75) is 18.9 Å². The van der Waals surface area contributed by atoms with Gasteiger partial charge in [-0.05, 0) is 18.9 Å². The lowest BCUT2D eigenvalue weighted by Gasteiger charge is -2.20. The van der Waals surface area contributed by atoms with Crippen LogP contribution in [-0.2, 0) is 4.74 Å².